The Morgan fingerprint density at radius 3 is 1.84 bits per heavy atom. The molecule has 1 aliphatic heterocycles. The number of benzene rings is 1. The van der Waals surface area contributed by atoms with Gasteiger partial charge in [-0.05, 0) is 44.1 Å². The number of carbonyl (C=O) groups is 1. The molecule has 0 aliphatic carbocycles. The van der Waals surface area contributed by atoms with E-state index in [-0.39, 0.29) is 24.5 Å². The van der Waals surface area contributed by atoms with Gasteiger partial charge < -0.3 is 10.2 Å². The highest BCUT2D eigenvalue weighted by Gasteiger charge is 2.38. The molecule has 0 radical (unpaired) electrons. The van der Waals surface area contributed by atoms with Crippen molar-refractivity contribution in [2.45, 2.75) is 31.2 Å². The third-order valence-corrected chi connectivity index (χ3v) is 4.01. The van der Waals surface area contributed by atoms with Crippen LogP contribution in [0.3, 0.4) is 0 Å². The van der Waals surface area contributed by atoms with Crippen LogP contribution in [0.15, 0.2) is 18.2 Å². The molecule has 1 aliphatic rings. The maximum absolute atomic E-state index is 12.9. The Balaban J connectivity index is 0.00000312. The van der Waals surface area contributed by atoms with Crippen molar-refractivity contribution in [2.75, 3.05) is 20.1 Å². The van der Waals surface area contributed by atoms with E-state index in [1.54, 1.807) is 0 Å². The lowest BCUT2D eigenvalue weighted by Gasteiger charge is -2.32. The first kappa shape index (κ1) is 21.6. The zero-order valence-electron chi connectivity index (χ0n) is 13.2. The SMILES string of the molecule is CN(C(=O)c1cc(C(F)(F)F)cc(C(F)(F)F)c1)C1CCNCC1.Cl. The molecule has 1 saturated heterocycles. The molecule has 1 aromatic rings. The molecule has 2 rings (SSSR count). The van der Waals surface area contributed by atoms with Gasteiger partial charge in [0.2, 0.25) is 0 Å². The topological polar surface area (TPSA) is 32.3 Å². The van der Waals surface area contributed by atoms with Gasteiger partial charge in [0.25, 0.3) is 5.91 Å². The Labute approximate surface area is 146 Å². The molecular weight excluding hydrogens is 374 g/mol. The van der Waals surface area contributed by atoms with Crippen molar-refractivity contribution in [1.82, 2.24) is 10.2 Å². The summed E-state index contributed by atoms with van der Waals surface area (Å²) in [5, 5.41) is 3.07. The van der Waals surface area contributed by atoms with E-state index < -0.39 is 35.0 Å². The lowest BCUT2D eigenvalue weighted by Crippen LogP contribution is -2.44. The van der Waals surface area contributed by atoms with Crippen LogP contribution in [0, 0.1) is 0 Å². The van der Waals surface area contributed by atoms with Crippen molar-refractivity contribution in [3.8, 4) is 0 Å². The van der Waals surface area contributed by atoms with Gasteiger partial charge in [-0.25, -0.2) is 0 Å². The molecule has 25 heavy (non-hydrogen) atoms. The summed E-state index contributed by atoms with van der Waals surface area (Å²) in [6, 6.07) is 0.730. The Morgan fingerprint density at radius 1 is 1.00 bits per heavy atom. The van der Waals surface area contributed by atoms with E-state index in [2.05, 4.69) is 5.32 Å². The summed E-state index contributed by atoms with van der Waals surface area (Å²) in [6.45, 7) is 1.28. The van der Waals surface area contributed by atoms with E-state index >= 15 is 0 Å². The monoisotopic (exact) mass is 390 g/mol. The molecule has 1 heterocycles. The van der Waals surface area contributed by atoms with Gasteiger partial charge in [-0.3, -0.25) is 4.79 Å². The highest BCUT2D eigenvalue weighted by Crippen LogP contribution is 2.36. The molecule has 10 heteroatoms. The normalized spacial score (nSPS) is 16.3. The number of carbonyl (C=O) groups excluding carboxylic acids is 1. The molecule has 0 saturated carbocycles. The highest BCUT2D eigenvalue weighted by molar-refractivity contribution is 5.94. The first-order valence-corrected chi connectivity index (χ1v) is 7.27. The Morgan fingerprint density at radius 2 is 1.44 bits per heavy atom. The fourth-order valence-electron chi connectivity index (χ4n) is 2.64. The number of nitrogens with one attached hydrogen (secondary N) is 1. The van der Waals surface area contributed by atoms with Crippen LogP contribution >= 0.6 is 12.4 Å². The number of hydrogen-bond acceptors (Lipinski definition) is 2. The third-order valence-electron chi connectivity index (χ3n) is 4.01. The summed E-state index contributed by atoms with van der Waals surface area (Å²) < 4.78 is 77.1. The summed E-state index contributed by atoms with van der Waals surface area (Å²) in [5.74, 6) is -0.849. The minimum absolute atomic E-state index is 0. The van der Waals surface area contributed by atoms with Crippen LogP contribution in [-0.4, -0.2) is 37.0 Å². The molecule has 0 spiro atoms. The highest BCUT2D eigenvalue weighted by atomic mass is 35.5. The van der Waals surface area contributed by atoms with Crippen molar-refractivity contribution in [3.63, 3.8) is 0 Å². The van der Waals surface area contributed by atoms with Crippen molar-refractivity contribution in [2.24, 2.45) is 0 Å². The second kappa shape index (κ2) is 7.82. The first-order valence-electron chi connectivity index (χ1n) is 7.27. The quantitative estimate of drug-likeness (QED) is 0.775. The summed E-state index contributed by atoms with van der Waals surface area (Å²) in [5.41, 5.74) is -3.59. The standard InChI is InChI=1S/C15H16F6N2O.ClH/c1-23(12-2-4-22-5-3-12)13(24)9-6-10(14(16,17)18)8-11(7-9)15(19,20)21;/h6-8,12,22H,2-5H2,1H3;1H. The summed E-state index contributed by atoms with van der Waals surface area (Å²) >= 11 is 0. The van der Waals surface area contributed by atoms with Gasteiger partial charge in [-0.2, -0.15) is 26.3 Å². The molecule has 1 fully saturated rings. The predicted molar refractivity (Wildman–Crippen MR) is 81.7 cm³/mol. The lowest BCUT2D eigenvalue weighted by molar-refractivity contribution is -0.143. The van der Waals surface area contributed by atoms with Gasteiger partial charge in [0.1, 0.15) is 0 Å². The molecule has 0 bridgehead atoms. The van der Waals surface area contributed by atoms with Crippen molar-refractivity contribution >= 4 is 18.3 Å². The van der Waals surface area contributed by atoms with Gasteiger partial charge in [0, 0.05) is 18.7 Å². The van der Waals surface area contributed by atoms with E-state index in [0.717, 1.165) is 0 Å². The molecule has 1 amide bonds. The van der Waals surface area contributed by atoms with Crippen LogP contribution < -0.4 is 5.32 Å². The van der Waals surface area contributed by atoms with Crippen LogP contribution in [0.2, 0.25) is 0 Å². The minimum atomic E-state index is -4.97. The molecule has 3 nitrogen and oxygen atoms in total. The van der Waals surface area contributed by atoms with Crippen molar-refractivity contribution in [1.29, 1.82) is 0 Å². The van der Waals surface area contributed by atoms with E-state index in [4.69, 9.17) is 0 Å². The fourth-order valence-corrected chi connectivity index (χ4v) is 2.64. The molecule has 142 valence electrons. The lowest BCUT2D eigenvalue weighted by atomic mass is 10.0. The van der Waals surface area contributed by atoms with Gasteiger partial charge in [0.05, 0.1) is 11.1 Å². The zero-order chi connectivity index (χ0) is 18.1. The number of nitrogens with zero attached hydrogens (tertiary/aromatic N) is 1. The number of alkyl halides is 6. The van der Waals surface area contributed by atoms with Crippen LogP contribution in [-0.2, 0) is 12.4 Å². The molecule has 0 atom stereocenters. The van der Waals surface area contributed by atoms with Gasteiger partial charge in [-0.1, -0.05) is 0 Å². The third kappa shape index (κ3) is 5.24. The molecular formula is C15H17ClF6N2O. The number of halogens is 7. The molecule has 1 aromatic carbocycles. The second-order valence-corrected chi connectivity index (χ2v) is 5.69. The summed E-state index contributed by atoms with van der Waals surface area (Å²) in [4.78, 5) is 13.6. The van der Waals surface area contributed by atoms with E-state index in [1.165, 1.54) is 11.9 Å². The number of rotatable bonds is 2. The average molecular weight is 391 g/mol. The molecule has 0 aromatic heterocycles. The van der Waals surface area contributed by atoms with Crippen molar-refractivity contribution < 1.29 is 31.1 Å². The predicted octanol–water partition coefficient (Wildman–Crippen LogP) is 3.97. The van der Waals surface area contributed by atoms with Gasteiger partial charge in [-0.15, -0.1) is 12.4 Å². The van der Waals surface area contributed by atoms with E-state index in [9.17, 15) is 31.1 Å². The number of piperidine rings is 1. The minimum Gasteiger partial charge on any atom is -0.339 e. The van der Waals surface area contributed by atoms with Crippen LogP contribution in [0.5, 0.6) is 0 Å². The Hall–Kier alpha value is -1.48. The maximum Gasteiger partial charge on any atom is 0.416 e. The van der Waals surface area contributed by atoms with Crippen LogP contribution in [0.25, 0.3) is 0 Å². The molecule has 1 N–H and O–H groups in total. The fraction of sp³-hybridized carbons (Fsp3) is 0.533. The number of amides is 1. The van der Waals surface area contributed by atoms with E-state index in [0.29, 0.717) is 38.1 Å². The van der Waals surface area contributed by atoms with Crippen molar-refractivity contribution in [3.05, 3.63) is 34.9 Å². The van der Waals surface area contributed by atoms with Gasteiger partial charge in [0.15, 0.2) is 0 Å². The average Bonchev–Trinajstić information content (AvgIpc) is 2.52. The number of hydrogen-bond donors (Lipinski definition) is 1. The van der Waals surface area contributed by atoms with E-state index in [1.807, 2.05) is 0 Å². The Bertz CT molecular complexity index is 579. The summed E-state index contributed by atoms with van der Waals surface area (Å²) in [7, 11) is 1.39. The van der Waals surface area contributed by atoms with Crippen LogP contribution in [0.1, 0.15) is 34.3 Å². The van der Waals surface area contributed by atoms with Crippen LogP contribution in [0.4, 0.5) is 26.3 Å². The Kier molecular flexibility index (Phi) is 6.74. The largest absolute Gasteiger partial charge is 0.416 e. The smallest absolute Gasteiger partial charge is 0.339 e. The second-order valence-electron chi connectivity index (χ2n) is 5.69. The zero-order valence-corrected chi connectivity index (χ0v) is 14.0. The molecule has 0 unspecified atom stereocenters. The summed E-state index contributed by atoms with van der Waals surface area (Å²) in [6.07, 6.45) is -8.76. The van der Waals surface area contributed by atoms with Gasteiger partial charge >= 0.3 is 12.4 Å². The first-order chi connectivity index (χ1) is 11.0. The maximum atomic E-state index is 12.9.